The number of hydrogen-bond donors (Lipinski definition) is 1. The van der Waals surface area contributed by atoms with E-state index in [0.29, 0.717) is 11.3 Å². The van der Waals surface area contributed by atoms with Crippen LogP contribution in [0, 0.1) is 0 Å². The second-order valence-corrected chi connectivity index (χ2v) is 8.05. The van der Waals surface area contributed by atoms with Gasteiger partial charge in [0.25, 0.3) is 0 Å². The fourth-order valence-electron chi connectivity index (χ4n) is 3.92. The number of ketones is 1. The van der Waals surface area contributed by atoms with Gasteiger partial charge in [-0.2, -0.15) is 0 Å². The summed E-state index contributed by atoms with van der Waals surface area (Å²) in [5, 5.41) is 9.40. The zero-order chi connectivity index (χ0) is 27.0. The van der Waals surface area contributed by atoms with E-state index in [1.807, 2.05) is 0 Å². The van der Waals surface area contributed by atoms with Crippen molar-refractivity contribution >= 4 is 29.7 Å². The molecular weight excluding hydrogens is 480 g/mol. The summed E-state index contributed by atoms with van der Waals surface area (Å²) >= 11 is 0. The predicted octanol–water partition coefficient (Wildman–Crippen LogP) is 0.538. The van der Waals surface area contributed by atoms with Gasteiger partial charge in [-0.3, -0.25) is 24.0 Å². The Bertz CT molecular complexity index is 987. The summed E-state index contributed by atoms with van der Waals surface area (Å²) in [7, 11) is 1.43. The molecule has 0 aliphatic carbocycles. The van der Waals surface area contributed by atoms with Gasteiger partial charge in [0, 0.05) is 39.7 Å². The second kappa shape index (κ2) is 13.0. The molecule has 0 saturated carbocycles. The van der Waals surface area contributed by atoms with E-state index in [4.69, 9.17) is 28.4 Å². The zero-order valence-electron chi connectivity index (χ0n) is 20.7. The minimum atomic E-state index is -1.32. The fourth-order valence-corrected chi connectivity index (χ4v) is 3.92. The Hall–Kier alpha value is -3.51. The molecule has 1 aliphatic rings. The Kier molecular flexibility index (Phi) is 10.4. The summed E-state index contributed by atoms with van der Waals surface area (Å²) in [6, 6.07) is 4.56. The predicted molar refractivity (Wildman–Crippen MR) is 120 cm³/mol. The van der Waals surface area contributed by atoms with Crippen LogP contribution in [-0.2, 0) is 49.3 Å². The maximum atomic E-state index is 12.4. The van der Waals surface area contributed by atoms with Gasteiger partial charge in [-0.1, -0.05) is 0 Å². The van der Waals surface area contributed by atoms with Crippen molar-refractivity contribution in [2.45, 2.75) is 64.6 Å². The molecule has 1 aromatic carbocycles. The van der Waals surface area contributed by atoms with Crippen LogP contribution in [0.4, 0.5) is 0 Å². The minimum absolute atomic E-state index is 0.0721. The van der Waals surface area contributed by atoms with Crippen molar-refractivity contribution in [2.24, 2.45) is 0 Å². The van der Waals surface area contributed by atoms with E-state index in [-0.39, 0.29) is 18.6 Å². The number of rotatable bonds is 10. The molecule has 1 N–H and O–H groups in total. The lowest BCUT2D eigenvalue weighted by Gasteiger charge is -2.44. The van der Waals surface area contributed by atoms with Crippen molar-refractivity contribution in [3.8, 4) is 5.75 Å². The van der Waals surface area contributed by atoms with E-state index in [9.17, 15) is 29.1 Å². The standard InChI is InChI=1S/C24H30O12/c1-12(26)32-11-21-23(34-14(3)28)24(35-15(4)29)22(33-13(2)27)20(36-21)9-16-8-17(31-5)6-7-18(16)19(30)10-25/h6-8,20-25H,9-11H2,1-5H3/t20-,21+,22-,23+,24+/m0/s1. The first-order valence-corrected chi connectivity index (χ1v) is 11.1. The van der Waals surface area contributed by atoms with Crippen LogP contribution in [-0.4, -0.2) is 85.6 Å². The van der Waals surface area contributed by atoms with Crippen LogP contribution in [0.3, 0.4) is 0 Å². The summed E-state index contributed by atoms with van der Waals surface area (Å²) in [6.07, 6.45) is -6.11. The summed E-state index contributed by atoms with van der Waals surface area (Å²) in [5.74, 6) is -3.02. The highest BCUT2D eigenvalue weighted by Crippen LogP contribution is 2.32. The average molecular weight is 510 g/mol. The fraction of sp³-hybridized carbons (Fsp3) is 0.542. The number of benzene rings is 1. The monoisotopic (exact) mass is 510 g/mol. The van der Waals surface area contributed by atoms with E-state index < -0.39 is 66.8 Å². The summed E-state index contributed by atoms with van der Waals surface area (Å²) < 4.78 is 32.6. The molecule has 0 spiro atoms. The largest absolute Gasteiger partial charge is 0.497 e. The molecule has 0 amide bonds. The highest BCUT2D eigenvalue weighted by molar-refractivity contribution is 5.98. The van der Waals surface area contributed by atoms with Crippen molar-refractivity contribution in [3.05, 3.63) is 29.3 Å². The Morgan fingerprint density at radius 1 is 0.833 bits per heavy atom. The van der Waals surface area contributed by atoms with Crippen LogP contribution in [0.1, 0.15) is 43.6 Å². The smallest absolute Gasteiger partial charge is 0.303 e. The maximum Gasteiger partial charge on any atom is 0.303 e. The Morgan fingerprint density at radius 2 is 1.39 bits per heavy atom. The van der Waals surface area contributed by atoms with Crippen molar-refractivity contribution < 1.29 is 57.5 Å². The van der Waals surface area contributed by atoms with Gasteiger partial charge in [-0.25, -0.2) is 0 Å². The van der Waals surface area contributed by atoms with E-state index in [2.05, 4.69) is 0 Å². The van der Waals surface area contributed by atoms with Crippen LogP contribution < -0.4 is 4.74 Å². The van der Waals surface area contributed by atoms with Gasteiger partial charge in [-0.05, 0) is 23.8 Å². The molecule has 1 saturated heterocycles. The van der Waals surface area contributed by atoms with Gasteiger partial charge >= 0.3 is 23.9 Å². The molecule has 5 atom stereocenters. The summed E-state index contributed by atoms with van der Waals surface area (Å²) in [5.41, 5.74) is 0.556. The minimum Gasteiger partial charge on any atom is -0.497 e. The molecule has 0 radical (unpaired) electrons. The number of aliphatic hydroxyl groups is 1. The molecule has 198 valence electrons. The molecular formula is C24H30O12. The molecule has 0 unspecified atom stereocenters. The van der Waals surface area contributed by atoms with Gasteiger partial charge < -0.3 is 33.5 Å². The average Bonchev–Trinajstić information content (AvgIpc) is 2.80. The molecule has 1 fully saturated rings. The molecule has 1 aromatic rings. The van der Waals surface area contributed by atoms with Gasteiger partial charge in [-0.15, -0.1) is 0 Å². The SMILES string of the molecule is COc1ccc(C(=O)CO)c(C[C@@H]2O[C@H](COC(C)=O)[C@@H](OC(C)=O)[C@H](OC(C)=O)[C@H]2OC(C)=O)c1. The van der Waals surface area contributed by atoms with Crippen molar-refractivity contribution in [2.75, 3.05) is 20.3 Å². The van der Waals surface area contributed by atoms with Crippen molar-refractivity contribution in [1.29, 1.82) is 0 Å². The zero-order valence-corrected chi connectivity index (χ0v) is 20.7. The first kappa shape index (κ1) is 28.7. The molecule has 0 aromatic heterocycles. The number of hydrogen-bond acceptors (Lipinski definition) is 12. The molecule has 36 heavy (non-hydrogen) atoms. The van der Waals surface area contributed by atoms with E-state index in [1.165, 1.54) is 20.1 Å². The molecule has 0 bridgehead atoms. The highest BCUT2D eigenvalue weighted by Gasteiger charge is 2.52. The van der Waals surface area contributed by atoms with Crippen LogP contribution in [0.2, 0.25) is 0 Å². The number of Topliss-reactive ketones (excluding diaryl/α,β-unsaturated/α-hetero) is 1. The number of esters is 4. The van der Waals surface area contributed by atoms with Crippen LogP contribution in [0.5, 0.6) is 5.75 Å². The Labute approximate surface area is 207 Å². The normalized spacial score (nSPS) is 23.2. The van der Waals surface area contributed by atoms with Gasteiger partial charge in [0.15, 0.2) is 24.1 Å². The second-order valence-electron chi connectivity index (χ2n) is 8.05. The van der Waals surface area contributed by atoms with Gasteiger partial charge in [0.2, 0.25) is 0 Å². The third-order valence-corrected chi connectivity index (χ3v) is 5.26. The Morgan fingerprint density at radius 3 is 1.89 bits per heavy atom. The number of methoxy groups -OCH3 is 1. The van der Waals surface area contributed by atoms with E-state index in [1.54, 1.807) is 12.1 Å². The molecule has 1 aliphatic heterocycles. The number of aliphatic hydroxyl groups excluding tert-OH is 1. The van der Waals surface area contributed by atoms with Crippen molar-refractivity contribution in [1.82, 2.24) is 0 Å². The summed E-state index contributed by atoms with van der Waals surface area (Å²) in [6.45, 7) is 3.45. The number of ether oxygens (including phenoxy) is 6. The third kappa shape index (κ3) is 7.75. The lowest BCUT2D eigenvalue weighted by molar-refractivity contribution is -0.252. The first-order valence-electron chi connectivity index (χ1n) is 11.1. The van der Waals surface area contributed by atoms with Crippen LogP contribution >= 0.6 is 0 Å². The lowest BCUT2D eigenvalue weighted by Crippen LogP contribution is -2.62. The highest BCUT2D eigenvalue weighted by atomic mass is 16.7. The molecule has 12 heteroatoms. The lowest BCUT2D eigenvalue weighted by atomic mass is 9.89. The summed E-state index contributed by atoms with van der Waals surface area (Å²) in [4.78, 5) is 59.6. The van der Waals surface area contributed by atoms with Crippen LogP contribution in [0.15, 0.2) is 18.2 Å². The number of carbonyl (C=O) groups excluding carboxylic acids is 5. The number of carbonyl (C=O) groups is 5. The maximum absolute atomic E-state index is 12.4. The van der Waals surface area contributed by atoms with Crippen LogP contribution in [0.25, 0.3) is 0 Å². The van der Waals surface area contributed by atoms with Gasteiger partial charge in [0.05, 0.1) is 7.11 Å². The molecule has 2 rings (SSSR count). The van der Waals surface area contributed by atoms with E-state index in [0.717, 1.165) is 20.8 Å². The van der Waals surface area contributed by atoms with Crippen molar-refractivity contribution in [3.63, 3.8) is 0 Å². The molecule has 12 nitrogen and oxygen atoms in total. The first-order chi connectivity index (χ1) is 17.0. The topological polar surface area (TPSA) is 161 Å². The molecule has 1 heterocycles. The quantitative estimate of drug-likeness (QED) is 0.265. The van der Waals surface area contributed by atoms with E-state index >= 15 is 0 Å². The van der Waals surface area contributed by atoms with Gasteiger partial charge in [0.1, 0.15) is 31.2 Å². The third-order valence-electron chi connectivity index (χ3n) is 5.26. The Balaban J connectivity index is 2.58.